The number of hydrogen-bond acceptors (Lipinski definition) is 6. The van der Waals surface area contributed by atoms with Gasteiger partial charge in [-0.3, -0.25) is 9.59 Å². The number of alkyl carbamates (subject to hydrolysis) is 1. The largest absolute Gasteiger partial charge is 0.458 e. The first-order chi connectivity index (χ1) is 23.7. The van der Waals surface area contributed by atoms with Crippen molar-refractivity contribution in [3.63, 3.8) is 0 Å². The van der Waals surface area contributed by atoms with E-state index in [0.717, 1.165) is 22.3 Å². The normalized spacial score (nSPS) is 13.7. The van der Waals surface area contributed by atoms with Gasteiger partial charge < -0.3 is 25.0 Å². The van der Waals surface area contributed by atoms with Crippen LogP contribution in [0, 0.1) is 13.8 Å². The smallest absolute Gasteiger partial charge is 0.408 e. The Kier molecular flexibility index (Phi) is 13.6. The molecule has 3 atom stereocenters. The quantitative estimate of drug-likeness (QED) is 0.178. The number of ether oxygens (including phenoxy) is 2. The molecule has 0 heterocycles. The Morgan fingerprint density at radius 3 is 1.59 bits per heavy atom. The van der Waals surface area contributed by atoms with Crippen LogP contribution in [0.4, 0.5) is 4.79 Å². The molecule has 3 aromatic carbocycles. The van der Waals surface area contributed by atoms with E-state index in [1.807, 2.05) is 113 Å². The molecule has 2 N–H and O–H groups in total. The van der Waals surface area contributed by atoms with Crippen LogP contribution in [0.25, 0.3) is 0 Å². The first kappa shape index (κ1) is 40.8. The molecule has 0 spiro atoms. The molecular formula is C42H57N3O6. The van der Waals surface area contributed by atoms with Crippen molar-refractivity contribution in [3.05, 3.63) is 107 Å². The van der Waals surface area contributed by atoms with Crippen molar-refractivity contribution < 1.29 is 28.7 Å². The minimum absolute atomic E-state index is 0.158. The van der Waals surface area contributed by atoms with Gasteiger partial charge in [0.15, 0.2) is 0 Å². The first-order valence-corrected chi connectivity index (χ1v) is 17.7. The first-order valence-electron chi connectivity index (χ1n) is 17.7. The fraction of sp³-hybridized carbons (Fsp3) is 0.476. The van der Waals surface area contributed by atoms with E-state index >= 15 is 4.79 Å². The minimum Gasteiger partial charge on any atom is -0.458 e. The Labute approximate surface area is 304 Å². The van der Waals surface area contributed by atoms with Gasteiger partial charge in [-0.1, -0.05) is 96.9 Å². The summed E-state index contributed by atoms with van der Waals surface area (Å²) in [7, 11) is 0. The number of hydrogen-bond donors (Lipinski definition) is 2. The van der Waals surface area contributed by atoms with Gasteiger partial charge in [0.05, 0.1) is 0 Å². The van der Waals surface area contributed by atoms with Gasteiger partial charge in [0, 0.05) is 18.4 Å². The van der Waals surface area contributed by atoms with Gasteiger partial charge in [-0.25, -0.2) is 9.59 Å². The SMILES string of the molecule is CCC(C)(C)N(C(=O)C(Cc1ccccc1)NC(=O)OC(C)(C)C)C(C(=O)NC(Cc1ccccc1)C(=O)OC(C)(C)C)c1cc(C)cc(C)c1. The number of amides is 3. The van der Waals surface area contributed by atoms with E-state index < -0.39 is 58.7 Å². The van der Waals surface area contributed by atoms with Crippen molar-refractivity contribution in [2.75, 3.05) is 0 Å². The molecule has 0 aliphatic heterocycles. The van der Waals surface area contributed by atoms with Crippen LogP contribution in [-0.4, -0.2) is 57.6 Å². The number of nitrogens with zero attached hydrogens (tertiary/aromatic N) is 1. The van der Waals surface area contributed by atoms with E-state index in [1.165, 1.54) is 0 Å². The lowest BCUT2D eigenvalue weighted by Crippen LogP contribution is -2.60. The van der Waals surface area contributed by atoms with Crippen LogP contribution >= 0.6 is 0 Å². The monoisotopic (exact) mass is 699 g/mol. The van der Waals surface area contributed by atoms with E-state index in [0.29, 0.717) is 12.0 Å². The summed E-state index contributed by atoms with van der Waals surface area (Å²) in [4.78, 5) is 58.5. The molecule has 0 radical (unpaired) electrons. The fourth-order valence-corrected chi connectivity index (χ4v) is 5.87. The molecule has 3 unspecified atom stereocenters. The fourth-order valence-electron chi connectivity index (χ4n) is 5.87. The van der Waals surface area contributed by atoms with E-state index in [9.17, 15) is 14.4 Å². The number of rotatable bonds is 13. The number of carbonyl (C=O) groups is 4. The molecule has 0 aromatic heterocycles. The molecule has 9 nitrogen and oxygen atoms in total. The lowest BCUT2D eigenvalue weighted by atomic mass is 9.90. The summed E-state index contributed by atoms with van der Waals surface area (Å²) in [5, 5.41) is 5.82. The highest BCUT2D eigenvalue weighted by atomic mass is 16.6. The predicted octanol–water partition coefficient (Wildman–Crippen LogP) is 7.57. The molecule has 0 saturated heterocycles. The second-order valence-corrected chi connectivity index (χ2v) is 15.9. The van der Waals surface area contributed by atoms with E-state index in [1.54, 1.807) is 46.4 Å². The summed E-state index contributed by atoms with van der Waals surface area (Å²) >= 11 is 0. The predicted molar refractivity (Wildman–Crippen MR) is 201 cm³/mol. The molecule has 3 rings (SSSR count). The third-order valence-electron chi connectivity index (χ3n) is 8.38. The van der Waals surface area contributed by atoms with Crippen LogP contribution in [-0.2, 0) is 36.7 Å². The van der Waals surface area contributed by atoms with E-state index in [2.05, 4.69) is 10.6 Å². The lowest BCUT2D eigenvalue weighted by molar-refractivity contribution is -0.159. The van der Waals surface area contributed by atoms with Crippen LogP contribution in [0.5, 0.6) is 0 Å². The molecule has 3 amide bonds. The van der Waals surface area contributed by atoms with Gasteiger partial charge >= 0.3 is 12.1 Å². The van der Waals surface area contributed by atoms with E-state index in [4.69, 9.17) is 9.47 Å². The molecule has 276 valence electrons. The van der Waals surface area contributed by atoms with Crippen molar-refractivity contribution >= 4 is 23.9 Å². The molecular weight excluding hydrogens is 642 g/mol. The third kappa shape index (κ3) is 12.6. The maximum Gasteiger partial charge on any atom is 0.408 e. The van der Waals surface area contributed by atoms with Crippen molar-refractivity contribution in [2.45, 2.75) is 130 Å². The van der Waals surface area contributed by atoms with Gasteiger partial charge in [0.1, 0.15) is 29.3 Å². The summed E-state index contributed by atoms with van der Waals surface area (Å²) in [5.74, 6) is -1.59. The summed E-state index contributed by atoms with van der Waals surface area (Å²) in [6.45, 7) is 20.2. The Bertz CT molecular complexity index is 1620. The lowest BCUT2D eigenvalue weighted by Gasteiger charge is -2.45. The summed E-state index contributed by atoms with van der Waals surface area (Å²) in [6, 6.07) is 21.2. The maximum atomic E-state index is 15.1. The van der Waals surface area contributed by atoms with Crippen molar-refractivity contribution in [1.29, 1.82) is 0 Å². The van der Waals surface area contributed by atoms with Crippen molar-refractivity contribution in [1.82, 2.24) is 15.5 Å². The van der Waals surface area contributed by atoms with Gasteiger partial charge in [-0.05, 0) is 92.3 Å². The highest BCUT2D eigenvalue weighted by Crippen LogP contribution is 2.34. The number of aryl methyl sites for hydroxylation is 2. The maximum absolute atomic E-state index is 15.1. The molecule has 0 aliphatic carbocycles. The number of esters is 1. The highest BCUT2D eigenvalue weighted by Gasteiger charge is 2.44. The second kappa shape index (κ2) is 17.0. The molecule has 51 heavy (non-hydrogen) atoms. The molecule has 3 aromatic rings. The standard InChI is InChI=1S/C42H57N3O6/c1-12-42(10,11)45(37(47)33(26-30-19-15-13-16-20-30)44-39(49)51-41(7,8)9)35(32-24-28(2)23-29(3)25-32)36(46)43-34(38(48)50-40(4,5)6)27-31-21-17-14-18-22-31/h13-25,33-35H,12,26-27H2,1-11H3,(H,43,46)(H,44,49). The Hall–Kier alpha value is -4.66. The Balaban J connectivity index is 2.20. The third-order valence-corrected chi connectivity index (χ3v) is 8.38. The summed E-state index contributed by atoms with van der Waals surface area (Å²) in [5.41, 5.74) is 1.57. The topological polar surface area (TPSA) is 114 Å². The van der Waals surface area contributed by atoms with Crippen LogP contribution in [0.2, 0.25) is 0 Å². The zero-order valence-electron chi connectivity index (χ0n) is 32.3. The van der Waals surface area contributed by atoms with Crippen LogP contribution in [0.1, 0.15) is 103 Å². The van der Waals surface area contributed by atoms with Crippen molar-refractivity contribution in [2.24, 2.45) is 0 Å². The zero-order valence-corrected chi connectivity index (χ0v) is 32.3. The van der Waals surface area contributed by atoms with Gasteiger partial charge in [0.2, 0.25) is 11.8 Å². The van der Waals surface area contributed by atoms with E-state index in [-0.39, 0.29) is 12.8 Å². The Morgan fingerprint density at radius 2 is 1.14 bits per heavy atom. The average Bonchev–Trinajstić information content (AvgIpc) is 3.01. The zero-order chi connectivity index (χ0) is 38.1. The highest BCUT2D eigenvalue weighted by molar-refractivity contribution is 5.94. The molecule has 9 heteroatoms. The molecule has 0 fully saturated rings. The number of carbonyl (C=O) groups excluding carboxylic acids is 4. The summed E-state index contributed by atoms with van der Waals surface area (Å²) < 4.78 is 11.4. The summed E-state index contributed by atoms with van der Waals surface area (Å²) in [6.07, 6.45) is 0.0805. The van der Waals surface area contributed by atoms with Crippen LogP contribution in [0.3, 0.4) is 0 Å². The van der Waals surface area contributed by atoms with Gasteiger partial charge in [-0.2, -0.15) is 0 Å². The number of benzene rings is 3. The van der Waals surface area contributed by atoms with Gasteiger partial charge in [-0.15, -0.1) is 0 Å². The molecule has 0 aliphatic rings. The second-order valence-electron chi connectivity index (χ2n) is 15.9. The average molecular weight is 700 g/mol. The van der Waals surface area contributed by atoms with Crippen LogP contribution < -0.4 is 10.6 Å². The van der Waals surface area contributed by atoms with Crippen LogP contribution in [0.15, 0.2) is 78.9 Å². The van der Waals surface area contributed by atoms with Crippen molar-refractivity contribution in [3.8, 4) is 0 Å². The number of nitrogens with one attached hydrogen (secondary N) is 2. The van der Waals surface area contributed by atoms with Gasteiger partial charge in [0.25, 0.3) is 0 Å². The minimum atomic E-state index is -1.18. The molecule has 0 bridgehead atoms. The molecule has 0 saturated carbocycles. The Morgan fingerprint density at radius 1 is 0.667 bits per heavy atom.